The maximum atomic E-state index is 6.50. The summed E-state index contributed by atoms with van der Waals surface area (Å²) in [5.74, 6) is 5.02. The van der Waals surface area contributed by atoms with Gasteiger partial charge in [0.15, 0.2) is 0 Å². The average Bonchev–Trinajstić information content (AvgIpc) is 3.37. The first-order valence-corrected chi connectivity index (χ1v) is 14.1. The first-order chi connectivity index (χ1) is 17.7. The quantitative estimate of drug-likeness (QED) is 0.312. The van der Waals surface area contributed by atoms with Crippen molar-refractivity contribution in [1.82, 2.24) is 9.88 Å². The molecule has 3 unspecified atom stereocenters. The van der Waals surface area contributed by atoms with Gasteiger partial charge >= 0.3 is 0 Å². The number of hydrogen-bond donors (Lipinski definition) is 0. The van der Waals surface area contributed by atoms with Gasteiger partial charge in [-0.25, -0.2) is 4.98 Å². The van der Waals surface area contributed by atoms with Crippen LogP contribution < -0.4 is 4.74 Å². The standard InChI is InChI=1S/C32H42N2O2/c1-3-25-17-18-34(21-28(25)23-35-29-16-10-11-24(2)19-29)22-30-20-33-32(36-30)31(26-12-6-4-7-13-26)27-14-8-5-9-15-27/h4,6-7,10-13,16,19-20,25,27-28,31H,3,5,8-9,14-15,17-18,21-23H2,1-2H3. The van der Waals surface area contributed by atoms with Gasteiger partial charge in [0.25, 0.3) is 0 Å². The van der Waals surface area contributed by atoms with Gasteiger partial charge in [0.1, 0.15) is 11.5 Å². The lowest BCUT2D eigenvalue weighted by molar-refractivity contribution is 0.0698. The number of hydrogen-bond acceptors (Lipinski definition) is 4. The predicted molar refractivity (Wildman–Crippen MR) is 145 cm³/mol. The Kier molecular flexibility index (Phi) is 8.43. The van der Waals surface area contributed by atoms with Gasteiger partial charge in [-0.3, -0.25) is 4.90 Å². The molecule has 0 spiro atoms. The molecule has 1 aromatic heterocycles. The van der Waals surface area contributed by atoms with E-state index in [1.54, 1.807) is 0 Å². The van der Waals surface area contributed by atoms with Gasteiger partial charge < -0.3 is 9.15 Å². The van der Waals surface area contributed by atoms with Crippen LogP contribution in [0, 0.1) is 24.7 Å². The van der Waals surface area contributed by atoms with E-state index in [1.807, 2.05) is 6.20 Å². The largest absolute Gasteiger partial charge is 0.493 e. The van der Waals surface area contributed by atoms with Crippen LogP contribution in [0.25, 0.3) is 0 Å². The van der Waals surface area contributed by atoms with E-state index in [0.29, 0.717) is 17.8 Å². The van der Waals surface area contributed by atoms with Crippen molar-refractivity contribution in [3.8, 4) is 5.75 Å². The molecular weight excluding hydrogens is 444 g/mol. The monoisotopic (exact) mass is 486 g/mol. The van der Waals surface area contributed by atoms with Gasteiger partial charge in [0.2, 0.25) is 5.89 Å². The highest BCUT2D eigenvalue weighted by molar-refractivity contribution is 5.28. The summed E-state index contributed by atoms with van der Waals surface area (Å²) in [4.78, 5) is 7.39. The van der Waals surface area contributed by atoms with Gasteiger partial charge in [0, 0.05) is 12.5 Å². The smallest absolute Gasteiger partial charge is 0.202 e. The third-order valence-corrected chi connectivity index (χ3v) is 8.45. The van der Waals surface area contributed by atoms with Crippen molar-refractivity contribution in [3.63, 3.8) is 0 Å². The summed E-state index contributed by atoms with van der Waals surface area (Å²) in [6.45, 7) is 8.20. The minimum Gasteiger partial charge on any atom is -0.493 e. The molecule has 4 heteroatoms. The molecule has 1 saturated carbocycles. The summed E-state index contributed by atoms with van der Waals surface area (Å²) in [5.41, 5.74) is 2.59. The Bertz CT molecular complexity index is 1070. The van der Waals surface area contributed by atoms with Crippen molar-refractivity contribution in [2.75, 3.05) is 19.7 Å². The number of benzene rings is 2. The number of ether oxygens (including phenoxy) is 1. The Balaban J connectivity index is 1.25. The molecule has 192 valence electrons. The van der Waals surface area contributed by atoms with Crippen LogP contribution in [-0.2, 0) is 6.54 Å². The summed E-state index contributed by atoms with van der Waals surface area (Å²) < 4.78 is 12.7. The third-order valence-electron chi connectivity index (χ3n) is 8.45. The fraction of sp³-hybridized carbons (Fsp3) is 0.531. The van der Waals surface area contributed by atoms with E-state index in [4.69, 9.17) is 14.1 Å². The number of aryl methyl sites for hydroxylation is 1. The van der Waals surface area contributed by atoms with Crippen LogP contribution in [-0.4, -0.2) is 29.6 Å². The Labute approximate surface area is 217 Å². The highest BCUT2D eigenvalue weighted by Gasteiger charge is 2.32. The lowest BCUT2D eigenvalue weighted by Crippen LogP contribution is -2.42. The highest BCUT2D eigenvalue weighted by atomic mass is 16.5. The van der Waals surface area contributed by atoms with E-state index < -0.39 is 0 Å². The molecule has 1 aliphatic heterocycles. The fourth-order valence-corrected chi connectivity index (χ4v) is 6.44. The molecule has 5 rings (SSSR count). The second-order valence-corrected chi connectivity index (χ2v) is 11.0. The van der Waals surface area contributed by atoms with Crippen molar-refractivity contribution >= 4 is 0 Å². The van der Waals surface area contributed by atoms with Crippen LogP contribution in [0.5, 0.6) is 5.75 Å². The molecule has 0 bridgehead atoms. The van der Waals surface area contributed by atoms with Gasteiger partial charge in [-0.1, -0.05) is 75.1 Å². The van der Waals surface area contributed by atoms with Crippen molar-refractivity contribution in [1.29, 1.82) is 0 Å². The zero-order valence-electron chi connectivity index (χ0n) is 22.1. The Morgan fingerprint density at radius 1 is 1.00 bits per heavy atom. The number of rotatable bonds is 9. The Morgan fingerprint density at radius 3 is 2.61 bits per heavy atom. The minimum absolute atomic E-state index is 0.265. The predicted octanol–water partition coefficient (Wildman–Crippen LogP) is 7.62. The summed E-state index contributed by atoms with van der Waals surface area (Å²) in [7, 11) is 0. The van der Waals surface area contributed by atoms with Crippen molar-refractivity contribution in [3.05, 3.63) is 83.6 Å². The number of oxazole rings is 1. The van der Waals surface area contributed by atoms with Crippen molar-refractivity contribution in [2.45, 2.75) is 71.3 Å². The van der Waals surface area contributed by atoms with Crippen molar-refractivity contribution < 1.29 is 9.15 Å². The molecule has 1 aliphatic carbocycles. The van der Waals surface area contributed by atoms with Crippen LogP contribution in [0.3, 0.4) is 0 Å². The second-order valence-electron chi connectivity index (χ2n) is 11.0. The highest BCUT2D eigenvalue weighted by Crippen LogP contribution is 2.40. The number of piperidine rings is 1. The zero-order chi connectivity index (χ0) is 24.7. The van der Waals surface area contributed by atoms with Crippen LogP contribution in [0.1, 0.15) is 80.6 Å². The van der Waals surface area contributed by atoms with Crippen LogP contribution in [0.15, 0.2) is 65.2 Å². The van der Waals surface area contributed by atoms with Crippen LogP contribution >= 0.6 is 0 Å². The average molecular weight is 487 g/mol. The number of aromatic nitrogens is 1. The van der Waals surface area contributed by atoms with Gasteiger partial charge in [-0.15, -0.1) is 0 Å². The first kappa shape index (κ1) is 25.1. The maximum Gasteiger partial charge on any atom is 0.202 e. The summed E-state index contributed by atoms with van der Waals surface area (Å²) in [6, 6.07) is 19.3. The molecular formula is C32H42N2O2. The first-order valence-electron chi connectivity index (χ1n) is 14.1. The minimum atomic E-state index is 0.265. The number of likely N-dealkylation sites (tertiary alicyclic amines) is 1. The van der Waals surface area contributed by atoms with Crippen LogP contribution in [0.4, 0.5) is 0 Å². The SMILES string of the molecule is CCC1CCN(Cc2cnc(C(c3ccccc3)C3CCCCC3)o2)CC1COc1cccc(C)c1. The van der Waals surface area contributed by atoms with Gasteiger partial charge in [-0.05, 0) is 67.8 Å². The molecule has 0 amide bonds. The second kappa shape index (κ2) is 12.1. The lowest BCUT2D eigenvalue weighted by Gasteiger charge is -2.37. The lowest BCUT2D eigenvalue weighted by atomic mass is 9.77. The molecule has 0 radical (unpaired) electrons. The Hall–Kier alpha value is -2.59. The van der Waals surface area contributed by atoms with E-state index in [9.17, 15) is 0 Å². The van der Waals surface area contributed by atoms with E-state index in [1.165, 1.54) is 56.1 Å². The molecule has 3 aromatic rings. The molecule has 2 fully saturated rings. The molecule has 2 aliphatic rings. The normalized spacial score (nSPS) is 22.4. The van der Waals surface area contributed by atoms with E-state index >= 15 is 0 Å². The van der Waals surface area contributed by atoms with E-state index in [2.05, 4.69) is 73.3 Å². The topological polar surface area (TPSA) is 38.5 Å². The molecule has 4 nitrogen and oxygen atoms in total. The summed E-state index contributed by atoms with van der Waals surface area (Å²) in [6.07, 6.45) is 10.9. The zero-order valence-corrected chi connectivity index (χ0v) is 22.1. The molecule has 2 aromatic carbocycles. The Morgan fingerprint density at radius 2 is 1.83 bits per heavy atom. The van der Waals surface area contributed by atoms with Crippen LogP contribution in [0.2, 0.25) is 0 Å². The van der Waals surface area contributed by atoms with E-state index in [0.717, 1.165) is 43.6 Å². The van der Waals surface area contributed by atoms with Gasteiger partial charge in [-0.2, -0.15) is 0 Å². The summed E-state index contributed by atoms with van der Waals surface area (Å²) >= 11 is 0. The van der Waals surface area contributed by atoms with E-state index in [-0.39, 0.29) is 5.92 Å². The molecule has 0 N–H and O–H groups in total. The van der Waals surface area contributed by atoms with Gasteiger partial charge in [0.05, 0.1) is 25.3 Å². The van der Waals surface area contributed by atoms with Crippen molar-refractivity contribution in [2.24, 2.45) is 17.8 Å². The molecule has 2 heterocycles. The maximum absolute atomic E-state index is 6.50. The molecule has 3 atom stereocenters. The fourth-order valence-electron chi connectivity index (χ4n) is 6.44. The molecule has 1 saturated heterocycles. The molecule has 36 heavy (non-hydrogen) atoms. The third kappa shape index (κ3) is 6.21. The number of nitrogens with zero attached hydrogens (tertiary/aromatic N) is 2. The summed E-state index contributed by atoms with van der Waals surface area (Å²) in [5, 5.41) is 0.